The molecule has 0 aliphatic heterocycles. The maximum atomic E-state index is 11.7. The summed E-state index contributed by atoms with van der Waals surface area (Å²) in [5.74, 6) is -0.189. The minimum Gasteiger partial charge on any atom is -0.349 e. The van der Waals surface area contributed by atoms with Crippen LogP contribution in [0.15, 0.2) is 36.9 Å². The van der Waals surface area contributed by atoms with Crippen LogP contribution in [0, 0.1) is 0 Å². The summed E-state index contributed by atoms with van der Waals surface area (Å²) < 4.78 is 0. The molecule has 19 heavy (non-hydrogen) atoms. The van der Waals surface area contributed by atoms with Gasteiger partial charge in [-0.25, -0.2) is 4.79 Å². The van der Waals surface area contributed by atoms with Gasteiger partial charge in [-0.15, -0.1) is 6.58 Å². The third-order valence-corrected chi connectivity index (χ3v) is 2.70. The Labute approximate surface area is 112 Å². The molecule has 3 N–H and O–H groups in total. The number of benzene rings is 1. The summed E-state index contributed by atoms with van der Waals surface area (Å²) in [5, 5.41) is 8.22. The molecule has 1 aliphatic carbocycles. The van der Waals surface area contributed by atoms with Crippen molar-refractivity contribution in [2.24, 2.45) is 0 Å². The first-order valence-corrected chi connectivity index (χ1v) is 6.25. The van der Waals surface area contributed by atoms with Crippen molar-refractivity contribution in [1.29, 1.82) is 0 Å². The second-order valence-corrected chi connectivity index (χ2v) is 4.45. The van der Waals surface area contributed by atoms with Crippen LogP contribution < -0.4 is 16.0 Å². The molecule has 1 aromatic carbocycles. The number of amides is 3. The first-order valence-electron chi connectivity index (χ1n) is 6.25. The zero-order chi connectivity index (χ0) is 13.7. The number of anilines is 1. The van der Waals surface area contributed by atoms with Gasteiger partial charge in [0, 0.05) is 23.8 Å². The highest BCUT2D eigenvalue weighted by Crippen LogP contribution is 2.19. The summed E-state index contributed by atoms with van der Waals surface area (Å²) in [7, 11) is 0. The SMILES string of the molecule is C=CCNC(=O)c1cccc(NC(=O)NC2CC2)c1. The Morgan fingerprint density at radius 1 is 1.37 bits per heavy atom. The summed E-state index contributed by atoms with van der Waals surface area (Å²) in [6, 6.07) is 6.89. The number of carbonyl (C=O) groups excluding carboxylic acids is 2. The molecule has 0 saturated heterocycles. The van der Waals surface area contributed by atoms with Crippen molar-refractivity contribution in [3.05, 3.63) is 42.5 Å². The van der Waals surface area contributed by atoms with Crippen molar-refractivity contribution in [2.45, 2.75) is 18.9 Å². The Morgan fingerprint density at radius 3 is 2.84 bits per heavy atom. The predicted octanol–water partition coefficient (Wildman–Crippen LogP) is 1.89. The molecule has 0 heterocycles. The van der Waals surface area contributed by atoms with E-state index in [-0.39, 0.29) is 11.9 Å². The van der Waals surface area contributed by atoms with E-state index in [0.717, 1.165) is 12.8 Å². The van der Waals surface area contributed by atoms with Gasteiger partial charge >= 0.3 is 6.03 Å². The number of carbonyl (C=O) groups is 2. The van der Waals surface area contributed by atoms with Gasteiger partial charge in [-0.05, 0) is 31.0 Å². The lowest BCUT2D eigenvalue weighted by Gasteiger charge is -2.08. The number of rotatable bonds is 5. The molecular weight excluding hydrogens is 242 g/mol. The van der Waals surface area contributed by atoms with E-state index in [2.05, 4.69) is 22.5 Å². The minimum absolute atomic E-state index is 0.189. The van der Waals surface area contributed by atoms with Gasteiger partial charge in [-0.2, -0.15) is 0 Å². The molecule has 5 heteroatoms. The van der Waals surface area contributed by atoms with Crippen LogP contribution in [-0.2, 0) is 0 Å². The molecule has 1 aliphatic rings. The third-order valence-electron chi connectivity index (χ3n) is 2.70. The number of hydrogen-bond donors (Lipinski definition) is 3. The quantitative estimate of drug-likeness (QED) is 0.707. The van der Waals surface area contributed by atoms with Crippen LogP contribution in [0.2, 0.25) is 0 Å². The van der Waals surface area contributed by atoms with Crippen molar-refractivity contribution >= 4 is 17.6 Å². The fraction of sp³-hybridized carbons (Fsp3) is 0.286. The molecule has 1 aromatic rings. The van der Waals surface area contributed by atoms with Gasteiger partial charge < -0.3 is 16.0 Å². The molecule has 5 nitrogen and oxygen atoms in total. The van der Waals surface area contributed by atoms with E-state index >= 15 is 0 Å². The predicted molar refractivity (Wildman–Crippen MR) is 74.1 cm³/mol. The van der Waals surface area contributed by atoms with Crippen LogP contribution in [0.1, 0.15) is 23.2 Å². The van der Waals surface area contributed by atoms with E-state index in [1.165, 1.54) is 0 Å². The van der Waals surface area contributed by atoms with Crippen LogP contribution in [0.3, 0.4) is 0 Å². The van der Waals surface area contributed by atoms with Crippen molar-refractivity contribution in [3.63, 3.8) is 0 Å². The Kier molecular flexibility index (Phi) is 4.18. The first kappa shape index (κ1) is 13.1. The van der Waals surface area contributed by atoms with Gasteiger partial charge in [0.15, 0.2) is 0 Å². The van der Waals surface area contributed by atoms with Crippen molar-refractivity contribution < 1.29 is 9.59 Å². The lowest BCUT2D eigenvalue weighted by molar-refractivity contribution is 0.0958. The number of hydrogen-bond acceptors (Lipinski definition) is 2. The standard InChI is InChI=1S/C14H17N3O2/c1-2-8-15-13(18)10-4-3-5-12(9-10)17-14(19)16-11-6-7-11/h2-5,9,11H,1,6-8H2,(H,15,18)(H2,16,17,19). The normalized spacial score (nSPS) is 13.5. The van der Waals surface area contributed by atoms with Gasteiger partial charge in [0.1, 0.15) is 0 Å². The monoisotopic (exact) mass is 259 g/mol. The van der Waals surface area contributed by atoms with E-state index in [9.17, 15) is 9.59 Å². The topological polar surface area (TPSA) is 70.2 Å². The summed E-state index contributed by atoms with van der Waals surface area (Å²) in [6.45, 7) is 3.95. The zero-order valence-corrected chi connectivity index (χ0v) is 10.6. The van der Waals surface area contributed by atoms with Gasteiger partial charge in [0.25, 0.3) is 5.91 Å². The molecule has 1 saturated carbocycles. The van der Waals surface area contributed by atoms with Gasteiger partial charge in [-0.3, -0.25) is 4.79 Å². The molecular formula is C14H17N3O2. The summed E-state index contributed by atoms with van der Waals surface area (Å²) in [4.78, 5) is 23.3. The summed E-state index contributed by atoms with van der Waals surface area (Å²) >= 11 is 0. The lowest BCUT2D eigenvalue weighted by atomic mass is 10.2. The number of urea groups is 1. The van der Waals surface area contributed by atoms with Crippen molar-refractivity contribution in [2.75, 3.05) is 11.9 Å². The maximum Gasteiger partial charge on any atom is 0.319 e. The van der Waals surface area contributed by atoms with Crippen LogP contribution in [0.4, 0.5) is 10.5 Å². The molecule has 0 spiro atoms. The highest BCUT2D eigenvalue weighted by molar-refractivity contribution is 5.97. The Hall–Kier alpha value is -2.30. The van der Waals surface area contributed by atoms with Crippen molar-refractivity contribution in [1.82, 2.24) is 10.6 Å². The van der Waals surface area contributed by atoms with Crippen LogP contribution in [-0.4, -0.2) is 24.5 Å². The Bertz CT molecular complexity index is 495. The van der Waals surface area contributed by atoms with Gasteiger partial charge in [-0.1, -0.05) is 12.1 Å². The average molecular weight is 259 g/mol. The molecule has 0 unspecified atom stereocenters. The molecule has 0 aromatic heterocycles. The van der Waals surface area contributed by atoms with E-state index in [0.29, 0.717) is 23.8 Å². The first-order chi connectivity index (χ1) is 9.19. The average Bonchev–Trinajstić information content (AvgIpc) is 3.20. The number of nitrogens with one attached hydrogen (secondary N) is 3. The van der Waals surface area contributed by atoms with E-state index in [4.69, 9.17) is 0 Å². The summed E-state index contributed by atoms with van der Waals surface area (Å²) in [6.07, 6.45) is 3.69. The maximum absolute atomic E-state index is 11.7. The second kappa shape index (κ2) is 6.04. The molecule has 0 bridgehead atoms. The molecule has 100 valence electrons. The van der Waals surface area contributed by atoms with Gasteiger partial charge in [0.05, 0.1) is 0 Å². The molecule has 1 fully saturated rings. The van der Waals surface area contributed by atoms with Crippen molar-refractivity contribution in [3.8, 4) is 0 Å². The van der Waals surface area contributed by atoms with Gasteiger partial charge in [0.2, 0.25) is 0 Å². The minimum atomic E-state index is -0.230. The molecule has 0 atom stereocenters. The van der Waals surface area contributed by atoms with Crippen LogP contribution in [0.25, 0.3) is 0 Å². The second-order valence-electron chi connectivity index (χ2n) is 4.45. The zero-order valence-electron chi connectivity index (χ0n) is 10.6. The molecule has 0 radical (unpaired) electrons. The molecule has 2 rings (SSSR count). The lowest BCUT2D eigenvalue weighted by Crippen LogP contribution is -2.30. The largest absolute Gasteiger partial charge is 0.349 e. The van der Waals surface area contributed by atoms with Crippen LogP contribution in [0.5, 0.6) is 0 Å². The Morgan fingerprint density at radius 2 is 2.16 bits per heavy atom. The van der Waals surface area contributed by atoms with E-state index in [1.807, 2.05) is 0 Å². The fourth-order valence-electron chi connectivity index (χ4n) is 1.59. The smallest absolute Gasteiger partial charge is 0.319 e. The van der Waals surface area contributed by atoms with E-state index in [1.54, 1.807) is 30.3 Å². The van der Waals surface area contributed by atoms with Crippen LogP contribution >= 0.6 is 0 Å². The highest BCUT2D eigenvalue weighted by Gasteiger charge is 2.23. The van der Waals surface area contributed by atoms with E-state index < -0.39 is 0 Å². The fourth-order valence-corrected chi connectivity index (χ4v) is 1.59. The third kappa shape index (κ3) is 4.13. The highest BCUT2D eigenvalue weighted by atomic mass is 16.2. The Balaban J connectivity index is 1.95. The summed E-state index contributed by atoms with van der Waals surface area (Å²) in [5.41, 5.74) is 1.11. The molecule has 3 amide bonds.